The molecular weight excluding hydrogens is 223 g/mol. The number of unbranched alkanes of at least 4 members (excludes halogenated alkanes) is 2. The fourth-order valence-corrected chi connectivity index (χ4v) is 0.674. The molecule has 0 saturated carbocycles. The third kappa shape index (κ3) is 16.7. The van der Waals surface area contributed by atoms with E-state index in [2.05, 4.69) is 13.8 Å². The van der Waals surface area contributed by atoms with Gasteiger partial charge in [0.1, 0.15) is 0 Å². The van der Waals surface area contributed by atoms with Crippen molar-refractivity contribution in [3.05, 3.63) is 37.8 Å². The van der Waals surface area contributed by atoms with Gasteiger partial charge in [-0.05, 0) is 0 Å². The molecule has 1 aromatic carbocycles. The van der Waals surface area contributed by atoms with E-state index >= 15 is 0 Å². The van der Waals surface area contributed by atoms with Crippen LogP contribution in [0.15, 0.2) is 30.3 Å². The molecule has 0 unspecified atom stereocenters. The van der Waals surface area contributed by atoms with E-state index in [4.69, 9.17) is 0 Å². The summed E-state index contributed by atoms with van der Waals surface area (Å²) in [6.07, 6.45) is 4.08. The molecule has 0 heterocycles. The summed E-state index contributed by atoms with van der Waals surface area (Å²) in [7, 11) is 0. The van der Waals surface area contributed by atoms with Gasteiger partial charge in [-0.3, -0.25) is 0 Å². The van der Waals surface area contributed by atoms with E-state index < -0.39 is 0 Å². The first-order chi connectivity index (χ1) is 4.91. The van der Waals surface area contributed by atoms with Gasteiger partial charge in [0.05, 0.1) is 0 Å². The normalized spacial score (nSPS) is 6.83. The SMILES string of the molecule is CCCCC.[CH3-].[Zr+2].c1cc[cH-]c1. The number of hydrogen-bond donors (Lipinski definition) is 0. The van der Waals surface area contributed by atoms with Crippen molar-refractivity contribution in [2.45, 2.75) is 33.1 Å². The quantitative estimate of drug-likeness (QED) is 0.688. The van der Waals surface area contributed by atoms with Gasteiger partial charge in [-0.25, -0.2) is 12.1 Å². The minimum atomic E-state index is 0. The van der Waals surface area contributed by atoms with Crippen LogP contribution >= 0.6 is 0 Å². The van der Waals surface area contributed by atoms with Crippen molar-refractivity contribution in [2.24, 2.45) is 0 Å². The predicted octanol–water partition coefficient (Wildman–Crippen LogP) is 4.05. The summed E-state index contributed by atoms with van der Waals surface area (Å²) in [5, 5.41) is 0. The molecule has 0 amide bonds. The van der Waals surface area contributed by atoms with Crippen LogP contribution < -0.4 is 0 Å². The average molecular weight is 244 g/mol. The fourth-order valence-electron chi connectivity index (χ4n) is 0.674. The van der Waals surface area contributed by atoms with Crippen molar-refractivity contribution in [3.63, 3.8) is 0 Å². The molecule has 0 nitrogen and oxygen atoms in total. The summed E-state index contributed by atoms with van der Waals surface area (Å²) in [6.45, 7) is 4.42. The van der Waals surface area contributed by atoms with E-state index in [1.165, 1.54) is 19.3 Å². The molecule has 0 aliphatic rings. The number of hydrogen-bond acceptors (Lipinski definition) is 0. The Morgan fingerprint density at radius 2 is 1.42 bits per heavy atom. The first-order valence-corrected chi connectivity index (χ1v) is 4.08. The van der Waals surface area contributed by atoms with E-state index in [1.807, 2.05) is 30.3 Å². The van der Waals surface area contributed by atoms with Crippen molar-refractivity contribution < 1.29 is 26.2 Å². The van der Waals surface area contributed by atoms with Gasteiger partial charge in [-0.1, -0.05) is 33.1 Å². The Kier molecular flexibility index (Phi) is 26.2. The topological polar surface area (TPSA) is 0 Å². The van der Waals surface area contributed by atoms with Gasteiger partial charge in [0, 0.05) is 0 Å². The maximum atomic E-state index is 2.21. The zero-order valence-corrected chi connectivity index (χ0v) is 11.0. The average Bonchev–Trinajstić information content (AvgIpc) is 2.44. The minimum Gasteiger partial charge on any atom is -0.358 e. The molecule has 0 bridgehead atoms. The van der Waals surface area contributed by atoms with E-state index in [-0.39, 0.29) is 33.6 Å². The molecule has 0 saturated heterocycles. The second-order valence-corrected chi connectivity index (χ2v) is 2.32. The number of rotatable bonds is 2. The summed E-state index contributed by atoms with van der Waals surface area (Å²) >= 11 is 0. The van der Waals surface area contributed by atoms with Gasteiger partial charge >= 0.3 is 26.2 Å². The first-order valence-electron chi connectivity index (χ1n) is 4.08. The Morgan fingerprint density at radius 3 is 1.50 bits per heavy atom. The van der Waals surface area contributed by atoms with Gasteiger partial charge in [0.25, 0.3) is 0 Å². The Bertz CT molecular complexity index is 91.3. The summed E-state index contributed by atoms with van der Waals surface area (Å²) in [5.41, 5.74) is 0. The Morgan fingerprint density at radius 1 is 1.00 bits per heavy atom. The Balaban J connectivity index is -0.000000116. The second-order valence-electron chi connectivity index (χ2n) is 2.32. The van der Waals surface area contributed by atoms with Crippen LogP contribution in [0.1, 0.15) is 33.1 Å². The van der Waals surface area contributed by atoms with Crippen molar-refractivity contribution in [3.8, 4) is 0 Å². The van der Waals surface area contributed by atoms with E-state index in [9.17, 15) is 0 Å². The summed E-state index contributed by atoms with van der Waals surface area (Å²) < 4.78 is 0. The van der Waals surface area contributed by atoms with Gasteiger partial charge < -0.3 is 7.43 Å². The molecule has 0 atom stereocenters. The van der Waals surface area contributed by atoms with Crippen LogP contribution in [0.4, 0.5) is 0 Å². The molecule has 1 heteroatoms. The maximum Gasteiger partial charge on any atom is 2.00 e. The van der Waals surface area contributed by atoms with Gasteiger partial charge in [0.15, 0.2) is 0 Å². The molecular formula is C11H20Zr. The summed E-state index contributed by atoms with van der Waals surface area (Å²) in [6, 6.07) is 10.0. The summed E-state index contributed by atoms with van der Waals surface area (Å²) in [5.74, 6) is 0. The third-order valence-electron chi connectivity index (χ3n) is 1.26. The molecule has 0 aliphatic heterocycles. The van der Waals surface area contributed by atoms with Crippen molar-refractivity contribution in [1.29, 1.82) is 0 Å². The standard InChI is InChI=1S/C5H5.C5H12.CH3.Zr/c1-2-4-5-3-1;1-3-5-4-2;;/h1-5H;3-5H2,1-2H3;1H3;/q-1;;-1;+2. The fraction of sp³-hybridized carbons (Fsp3) is 0.455. The van der Waals surface area contributed by atoms with Gasteiger partial charge in [-0.15, -0.1) is 0 Å². The van der Waals surface area contributed by atoms with Crippen LogP contribution in [0, 0.1) is 7.43 Å². The van der Waals surface area contributed by atoms with Crippen LogP contribution in [0.25, 0.3) is 0 Å². The molecule has 1 aromatic rings. The van der Waals surface area contributed by atoms with E-state index in [0.717, 1.165) is 0 Å². The summed E-state index contributed by atoms with van der Waals surface area (Å²) in [4.78, 5) is 0. The van der Waals surface area contributed by atoms with Gasteiger partial charge in [-0.2, -0.15) is 18.2 Å². The van der Waals surface area contributed by atoms with Crippen LogP contribution in [0.2, 0.25) is 0 Å². The molecule has 0 spiro atoms. The molecule has 0 radical (unpaired) electrons. The molecule has 0 aliphatic carbocycles. The minimum absolute atomic E-state index is 0. The zero-order valence-electron chi connectivity index (χ0n) is 8.51. The predicted molar refractivity (Wildman–Crippen MR) is 53.6 cm³/mol. The Hall–Kier alpha value is 0.233. The van der Waals surface area contributed by atoms with Crippen LogP contribution in [0.5, 0.6) is 0 Å². The van der Waals surface area contributed by atoms with Crippen LogP contribution in [-0.4, -0.2) is 0 Å². The van der Waals surface area contributed by atoms with E-state index in [1.54, 1.807) is 0 Å². The third-order valence-corrected chi connectivity index (χ3v) is 1.26. The van der Waals surface area contributed by atoms with Crippen molar-refractivity contribution >= 4 is 0 Å². The first kappa shape index (κ1) is 18.1. The maximum absolute atomic E-state index is 2.21. The Labute approximate surface area is 96.9 Å². The zero-order chi connectivity index (χ0) is 7.66. The molecule has 0 N–H and O–H groups in total. The van der Waals surface area contributed by atoms with Crippen LogP contribution in [0.3, 0.4) is 0 Å². The molecule has 12 heavy (non-hydrogen) atoms. The smallest absolute Gasteiger partial charge is 0.358 e. The van der Waals surface area contributed by atoms with Crippen molar-refractivity contribution in [1.82, 2.24) is 0 Å². The largest absolute Gasteiger partial charge is 2.00 e. The molecule has 0 fully saturated rings. The second kappa shape index (κ2) is 17.4. The monoisotopic (exact) mass is 242 g/mol. The molecule has 1 rings (SSSR count). The van der Waals surface area contributed by atoms with Crippen molar-refractivity contribution in [2.75, 3.05) is 0 Å². The molecule has 0 aromatic heterocycles. The molecule has 68 valence electrons. The van der Waals surface area contributed by atoms with Crippen LogP contribution in [-0.2, 0) is 26.2 Å². The van der Waals surface area contributed by atoms with E-state index in [0.29, 0.717) is 0 Å². The van der Waals surface area contributed by atoms with Gasteiger partial charge in [0.2, 0.25) is 0 Å².